The average molecular weight is 452 g/mol. The monoisotopic (exact) mass is 452 g/mol. The third kappa shape index (κ3) is 3.60. The lowest BCUT2D eigenvalue weighted by atomic mass is 10.0. The first-order valence-electron chi connectivity index (χ1n) is 11.2. The van der Waals surface area contributed by atoms with Gasteiger partial charge in [0, 0.05) is 47.6 Å². The van der Waals surface area contributed by atoms with Crippen LogP contribution in [0.25, 0.3) is 11.1 Å². The maximum atomic E-state index is 14.5. The molecule has 3 aliphatic heterocycles. The van der Waals surface area contributed by atoms with E-state index < -0.39 is 23.8 Å². The highest BCUT2D eigenvalue weighted by Gasteiger charge is 2.39. The summed E-state index contributed by atoms with van der Waals surface area (Å²) in [6, 6.07) is 5.03. The topological polar surface area (TPSA) is 58.3 Å². The number of aliphatic imine (C=N–C) groups is 1. The Labute approximate surface area is 189 Å². The third-order valence-electron chi connectivity index (χ3n) is 6.77. The fourth-order valence-corrected chi connectivity index (χ4v) is 5.09. The van der Waals surface area contributed by atoms with Crippen LogP contribution in [0.15, 0.2) is 47.8 Å². The Morgan fingerprint density at radius 3 is 2.85 bits per heavy atom. The summed E-state index contributed by atoms with van der Waals surface area (Å²) in [4.78, 5) is 11.0. The molecule has 3 atom stereocenters. The standard InChI is InChI=1S/C24H23F3N6/c25-16-1-2-21(27)19(6-16)23-7-17(26)13-32(23)24-20-5-14(8-29-22(20)11-30-24)15-9-31-33(12-15)18-3-4-28-10-18/h1-2,5-6,8-9,12,17-18,23,28H,3-4,7,10-11,13H2/t17-,18-,23+/m0/s1. The van der Waals surface area contributed by atoms with Crippen molar-refractivity contribution in [2.75, 3.05) is 19.6 Å². The number of aromatic nitrogens is 3. The number of hydrogen-bond acceptors (Lipinski definition) is 5. The number of hydrogen-bond donors (Lipinski definition) is 1. The van der Waals surface area contributed by atoms with E-state index in [-0.39, 0.29) is 18.5 Å². The van der Waals surface area contributed by atoms with Crippen molar-refractivity contribution in [3.8, 4) is 11.1 Å². The maximum Gasteiger partial charge on any atom is 0.133 e. The minimum Gasteiger partial charge on any atom is -0.346 e. The van der Waals surface area contributed by atoms with Crippen molar-refractivity contribution in [3.05, 3.63) is 71.3 Å². The number of benzene rings is 1. The van der Waals surface area contributed by atoms with Crippen LogP contribution in [0.1, 0.15) is 41.7 Å². The van der Waals surface area contributed by atoms with E-state index in [1.54, 1.807) is 11.1 Å². The van der Waals surface area contributed by atoms with Crippen LogP contribution in [0.4, 0.5) is 13.2 Å². The average Bonchev–Trinajstić information content (AvgIpc) is 3.60. The second-order valence-corrected chi connectivity index (χ2v) is 8.88. The summed E-state index contributed by atoms with van der Waals surface area (Å²) in [5.41, 5.74) is 3.59. The quantitative estimate of drug-likeness (QED) is 0.657. The van der Waals surface area contributed by atoms with E-state index in [9.17, 15) is 13.2 Å². The Balaban J connectivity index is 1.33. The molecule has 6 rings (SSSR count). The summed E-state index contributed by atoms with van der Waals surface area (Å²) in [6.45, 7) is 2.34. The number of fused-ring (bicyclic) bond motifs is 1. The number of nitrogens with one attached hydrogen (secondary N) is 1. The van der Waals surface area contributed by atoms with Gasteiger partial charge in [-0.25, -0.2) is 13.2 Å². The van der Waals surface area contributed by atoms with Crippen LogP contribution < -0.4 is 5.32 Å². The number of nitrogens with zero attached hydrogens (tertiary/aromatic N) is 5. The summed E-state index contributed by atoms with van der Waals surface area (Å²) in [7, 11) is 0. The Hall–Kier alpha value is -3.20. The molecule has 0 unspecified atom stereocenters. The zero-order chi connectivity index (χ0) is 22.5. The summed E-state index contributed by atoms with van der Waals surface area (Å²) >= 11 is 0. The smallest absolute Gasteiger partial charge is 0.133 e. The number of amidine groups is 1. The van der Waals surface area contributed by atoms with Gasteiger partial charge in [0.05, 0.1) is 37.1 Å². The van der Waals surface area contributed by atoms with Gasteiger partial charge in [-0.05, 0) is 37.2 Å². The van der Waals surface area contributed by atoms with Crippen LogP contribution in [0.2, 0.25) is 0 Å². The summed E-state index contributed by atoms with van der Waals surface area (Å²) in [5, 5.41) is 7.87. The predicted molar refractivity (Wildman–Crippen MR) is 118 cm³/mol. The number of likely N-dealkylation sites (tertiary alicyclic amines) is 1. The van der Waals surface area contributed by atoms with Crippen molar-refractivity contribution in [1.82, 2.24) is 25.0 Å². The van der Waals surface area contributed by atoms with Crippen LogP contribution in [-0.4, -0.2) is 51.3 Å². The lowest BCUT2D eigenvalue weighted by molar-refractivity contribution is 0.341. The highest BCUT2D eigenvalue weighted by Crippen LogP contribution is 2.38. The molecule has 170 valence electrons. The summed E-state index contributed by atoms with van der Waals surface area (Å²) < 4.78 is 44.9. The van der Waals surface area contributed by atoms with E-state index in [0.29, 0.717) is 18.4 Å². The number of halogens is 3. The van der Waals surface area contributed by atoms with Crippen molar-refractivity contribution in [3.63, 3.8) is 0 Å². The molecular weight excluding hydrogens is 429 g/mol. The molecule has 33 heavy (non-hydrogen) atoms. The second-order valence-electron chi connectivity index (χ2n) is 8.88. The molecule has 5 heterocycles. The molecule has 9 heteroatoms. The van der Waals surface area contributed by atoms with E-state index in [2.05, 4.69) is 20.4 Å². The van der Waals surface area contributed by atoms with Crippen LogP contribution in [0, 0.1) is 11.6 Å². The molecular formula is C24H23F3N6. The molecule has 2 fully saturated rings. The van der Waals surface area contributed by atoms with Gasteiger partial charge in [-0.3, -0.25) is 14.7 Å². The van der Waals surface area contributed by atoms with Gasteiger partial charge >= 0.3 is 0 Å². The van der Waals surface area contributed by atoms with Crippen LogP contribution in [0.5, 0.6) is 0 Å². The number of rotatable bonds is 3. The van der Waals surface area contributed by atoms with Gasteiger partial charge < -0.3 is 10.2 Å². The van der Waals surface area contributed by atoms with Gasteiger partial charge in [-0.15, -0.1) is 0 Å². The fraction of sp³-hybridized carbons (Fsp3) is 0.375. The Kier molecular flexibility index (Phi) is 4.94. The van der Waals surface area contributed by atoms with Gasteiger partial charge in [0.2, 0.25) is 0 Å². The predicted octanol–water partition coefficient (Wildman–Crippen LogP) is 3.80. The molecule has 0 radical (unpaired) electrons. The van der Waals surface area contributed by atoms with E-state index in [1.165, 1.54) is 0 Å². The minimum atomic E-state index is -1.15. The van der Waals surface area contributed by atoms with Gasteiger partial charge in [-0.1, -0.05) is 0 Å². The zero-order valence-corrected chi connectivity index (χ0v) is 17.9. The molecule has 3 aromatic rings. The molecule has 0 aliphatic carbocycles. The summed E-state index contributed by atoms with van der Waals surface area (Å²) in [5.74, 6) is -0.499. The van der Waals surface area contributed by atoms with Gasteiger partial charge in [0.15, 0.2) is 0 Å². The highest BCUT2D eigenvalue weighted by atomic mass is 19.1. The molecule has 1 aromatic carbocycles. The zero-order valence-electron chi connectivity index (χ0n) is 17.9. The molecule has 0 bridgehead atoms. The number of pyridine rings is 1. The Morgan fingerprint density at radius 2 is 2.00 bits per heavy atom. The van der Waals surface area contributed by atoms with E-state index >= 15 is 0 Å². The van der Waals surface area contributed by atoms with Crippen molar-refractivity contribution in [2.24, 2.45) is 4.99 Å². The lowest BCUT2D eigenvalue weighted by Crippen LogP contribution is -2.32. The van der Waals surface area contributed by atoms with Crippen molar-refractivity contribution in [1.29, 1.82) is 0 Å². The molecule has 0 spiro atoms. The molecule has 2 aromatic heterocycles. The molecule has 1 N–H and O–H groups in total. The first-order valence-corrected chi connectivity index (χ1v) is 11.2. The van der Waals surface area contributed by atoms with Crippen LogP contribution >= 0.6 is 0 Å². The SMILES string of the molecule is Fc1ccc(F)c([C@H]2C[C@H](F)CN2C2=NCc3ncc(-c4cnn([C@H]5CCNC5)c4)cc32)c1. The van der Waals surface area contributed by atoms with Crippen LogP contribution in [0.3, 0.4) is 0 Å². The summed E-state index contributed by atoms with van der Waals surface area (Å²) in [6.07, 6.45) is 5.62. The van der Waals surface area contributed by atoms with Crippen molar-refractivity contribution >= 4 is 5.84 Å². The number of alkyl halides is 1. The maximum absolute atomic E-state index is 14.5. The molecule has 0 saturated carbocycles. The first kappa shape index (κ1) is 20.4. The Bertz CT molecular complexity index is 1230. The van der Waals surface area contributed by atoms with Crippen molar-refractivity contribution in [2.45, 2.75) is 37.6 Å². The molecule has 2 saturated heterocycles. The lowest BCUT2D eigenvalue weighted by Gasteiger charge is -2.27. The molecule has 6 nitrogen and oxygen atoms in total. The largest absolute Gasteiger partial charge is 0.346 e. The second kappa shape index (κ2) is 7.98. The van der Waals surface area contributed by atoms with Gasteiger partial charge in [-0.2, -0.15) is 5.10 Å². The normalized spacial score (nSPS) is 24.4. The van der Waals surface area contributed by atoms with E-state index in [1.807, 2.05) is 23.1 Å². The third-order valence-corrected chi connectivity index (χ3v) is 6.77. The van der Waals surface area contributed by atoms with Gasteiger partial charge in [0.25, 0.3) is 0 Å². The fourth-order valence-electron chi connectivity index (χ4n) is 5.09. The highest BCUT2D eigenvalue weighted by molar-refractivity contribution is 6.02. The minimum absolute atomic E-state index is 0.0791. The van der Waals surface area contributed by atoms with E-state index in [0.717, 1.165) is 60.1 Å². The van der Waals surface area contributed by atoms with Crippen LogP contribution in [-0.2, 0) is 6.54 Å². The molecule has 3 aliphatic rings. The van der Waals surface area contributed by atoms with E-state index in [4.69, 9.17) is 0 Å². The first-order chi connectivity index (χ1) is 16.1. The Morgan fingerprint density at radius 1 is 1.09 bits per heavy atom. The molecule has 0 amide bonds. The van der Waals surface area contributed by atoms with Crippen molar-refractivity contribution < 1.29 is 13.2 Å². The van der Waals surface area contributed by atoms with Gasteiger partial charge in [0.1, 0.15) is 23.6 Å².